The summed E-state index contributed by atoms with van der Waals surface area (Å²) in [6, 6.07) is 0.623. The number of rotatable bonds is 2. The predicted molar refractivity (Wildman–Crippen MR) is 79.8 cm³/mol. The molecule has 6 nitrogen and oxygen atoms in total. The average molecular weight is 304 g/mol. The molecule has 2 fully saturated rings. The number of aliphatic carboxylic acids is 1. The average Bonchev–Trinajstić information content (AvgIpc) is 2.86. The maximum absolute atomic E-state index is 12.9. The molecule has 2 N–H and O–H groups in total. The molecule has 1 aromatic heterocycles. The number of aromatic amines is 1. The molecule has 3 unspecified atom stereocenters. The van der Waals surface area contributed by atoms with E-state index in [0.717, 1.165) is 25.7 Å². The van der Waals surface area contributed by atoms with E-state index in [9.17, 15) is 19.5 Å². The number of nitrogens with zero attached hydrogens (tertiary/aromatic N) is 1. The summed E-state index contributed by atoms with van der Waals surface area (Å²) < 4.78 is 0. The Morgan fingerprint density at radius 1 is 1.32 bits per heavy atom. The lowest BCUT2D eigenvalue weighted by Crippen LogP contribution is -2.46. The maximum Gasteiger partial charge on any atom is 0.326 e. The highest BCUT2D eigenvalue weighted by atomic mass is 16.4. The lowest BCUT2D eigenvalue weighted by atomic mass is 9.84. The fourth-order valence-corrected chi connectivity index (χ4v) is 3.92. The zero-order chi connectivity index (χ0) is 15.9. The topological polar surface area (TPSA) is 90.5 Å². The Labute approximate surface area is 128 Å². The molecule has 1 aromatic rings. The van der Waals surface area contributed by atoms with Crippen LogP contribution in [0.3, 0.4) is 0 Å². The number of hydrogen-bond donors (Lipinski definition) is 2. The Balaban J connectivity index is 1.97. The van der Waals surface area contributed by atoms with Crippen molar-refractivity contribution in [2.75, 3.05) is 0 Å². The van der Waals surface area contributed by atoms with Gasteiger partial charge in [0.1, 0.15) is 6.04 Å². The number of hydrogen-bond acceptors (Lipinski definition) is 3. The van der Waals surface area contributed by atoms with E-state index in [2.05, 4.69) is 4.98 Å². The number of carboxylic acids is 1. The summed E-state index contributed by atoms with van der Waals surface area (Å²) in [4.78, 5) is 39.8. The zero-order valence-electron chi connectivity index (χ0n) is 12.5. The highest BCUT2D eigenvalue weighted by molar-refractivity contribution is 5.98. The van der Waals surface area contributed by atoms with Gasteiger partial charge in [-0.3, -0.25) is 9.59 Å². The monoisotopic (exact) mass is 304 g/mol. The zero-order valence-corrected chi connectivity index (χ0v) is 12.5. The highest BCUT2D eigenvalue weighted by Gasteiger charge is 2.47. The van der Waals surface area contributed by atoms with Crippen molar-refractivity contribution in [1.29, 1.82) is 0 Å². The maximum atomic E-state index is 12.9. The molecule has 3 atom stereocenters. The number of carboxylic acid groups (broad SMARTS) is 1. The van der Waals surface area contributed by atoms with E-state index < -0.39 is 12.0 Å². The molecule has 2 aliphatic rings. The fraction of sp³-hybridized carbons (Fsp3) is 0.562. The molecule has 1 saturated carbocycles. The van der Waals surface area contributed by atoms with E-state index in [1.165, 1.54) is 12.3 Å². The van der Waals surface area contributed by atoms with E-state index in [1.807, 2.05) is 0 Å². The third-order valence-corrected chi connectivity index (χ3v) is 4.97. The molecule has 3 rings (SSSR count). The van der Waals surface area contributed by atoms with Crippen LogP contribution < -0.4 is 5.56 Å². The molecule has 1 aliphatic heterocycles. The summed E-state index contributed by atoms with van der Waals surface area (Å²) >= 11 is 0. The Hall–Kier alpha value is -2.11. The Bertz CT molecular complexity index is 666. The van der Waals surface area contributed by atoms with E-state index in [0.29, 0.717) is 17.5 Å². The second kappa shape index (κ2) is 5.59. The molecule has 0 aromatic carbocycles. The summed E-state index contributed by atoms with van der Waals surface area (Å²) in [5.41, 5.74) is 0.704. The molecule has 1 aliphatic carbocycles. The van der Waals surface area contributed by atoms with Gasteiger partial charge < -0.3 is 15.0 Å². The van der Waals surface area contributed by atoms with Crippen LogP contribution in [-0.2, 0) is 4.79 Å². The minimum atomic E-state index is -0.940. The van der Waals surface area contributed by atoms with Gasteiger partial charge in [-0.25, -0.2) is 4.79 Å². The molecule has 0 spiro atoms. The van der Waals surface area contributed by atoms with Crippen molar-refractivity contribution < 1.29 is 14.7 Å². The number of aryl methyl sites for hydroxylation is 1. The molecule has 118 valence electrons. The highest BCUT2D eigenvalue weighted by Crippen LogP contribution is 2.40. The molecule has 6 heteroatoms. The van der Waals surface area contributed by atoms with Gasteiger partial charge in [0.15, 0.2) is 0 Å². The van der Waals surface area contributed by atoms with Gasteiger partial charge >= 0.3 is 5.97 Å². The number of nitrogens with one attached hydrogen (secondary N) is 1. The molecule has 2 heterocycles. The smallest absolute Gasteiger partial charge is 0.326 e. The Kier molecular flexibility index (Phi) is 3.76. The fourth-order valence-electron chi connectivity index (χ4n) is 3.92. The molecule has 1 amide bonds. The molecular weight excluding hydrogens is 284 g/mol. The SMILES string of the molecule is Cc1cc(=O)[nH]cc1C(=O)N1C(C(=O)O)CC2CCCCC21. The van der Waals surface area contributed by atoms with Gasteiger partial charge in [0.25, 0.3) is 5.91 Å². The number of fused-ring (bicyclic) bond motifs is 1. The summed E-state index contributed by atoms with van der Waals surface area (Å²) in [6.07, 6.45) is 5.92. The summed E-state index contributed by atoms with van der Waals surface area (Å²) in [6.45, 7) is 1.70. The number of carbonyl (C=O) groups excluding carboxylic acids is 1. The summed E-state index contributed by atoms with van der Waals surface area (Å²) in [5.74, 6) is -0.942. The Morgan fingerprint density at radius 2 is 2.05 bits per heavy atom. The second-order valence-electron chi connectivity index (χ2n) is 6.31. The van der Waals surface area contributed by atoms with Gasteiger partial charge in [0.2, 0.25) is 5.56 Å². The van der Waals surface area contributed by atoms with Crippen LogP contribution in [0.25, 0.3) is 0 Å². The lowest BCUT2D eigenvalue weighted by molar-refractivity contribution is -0.141. The molecule has 1 saturated heterocycles. The minimum Gasteiger partial charge on any atom is -0.480 e. The first kappa shape index (κ1) is 14.8. The Morgan fingerprint density at radius 3 is 2.73 bits per heavy atom. The van der Waals surface area contributed by atoms with Crippen LogP contribution in [0.1, 0.15) is 48.0 Å². The number of H-pyrrole nitrogens is 1. The third-order valence-electron chi connectivity index (χ3n) is 4.97. The van der Waals surface area contributed by atoms with E-state index in [-0.39, 0.29) is 23.4 Å². The van der Waals surface area contributed by atoms with Gasteiger partial charge in [0.05, 0.1) is 5.56 Å². The number of amides is 1. The van der Waals surface area contributed by atoms with Crippen LogP contribution in [0.2, 0.25) is 0 Å². The van der Waals surface area contributed by atoms with Gasteiger partial charge in [0, 0.05) is 18.3 Å². The molecular formula is C16H20N2O4. The first-order chi connectivity index (χ1) is 10.5. The van der Waals surface area contributed by atoms with Crippen molar-refractivity contribution in [3.63, 3.8) is 0 Å². The van der Waals surface area contributed by atoms with Gasteiger partial charge in [-0.1, -0.05) is 12.8 Å². The largest absolute Gasteiger partial charge is 0.480 e. The van der Waals surface area contributed by atoms with E-state index in [4.69, 9.17) is 0 Å². The summed E-state index contributed by atoms with van der Waals surface area (Å²) in [7, 11) is 0. The van der Waals surface area contributed by atoms with Crippen LogP contribution in [0.15, 0.2) is 17.1 Å². The molecule has 22 heavy (non-hydrogen) atoms. The quantitative estimate of drug-likeness (QED) is 0.867. The molecule has 0 bridgehead atoms. The van der Waals surface area contributed by atoms with E-state index in [1.54, 1.807) is 11.8 Å². The van der Waals surface area contributed by atoms with Crippen LogP contribution in [0.4, 0.5) is 0 Å². The van der Waals surface area contributed by atoms with Gasteiger partial charge in [-0.2, -0.15) is 0 Å². The van der Waals surface area contributed by atoms with E-state index >= 15 is 0 Å². The minimum absolute atomic E-state index is 0.00804. The predicted octanol–water partition coefficient (Wildman–Crippen LogP) is 1.54. The van der Waals surface area contributed by atoms with Gasteiger partial charge in [-0.15, -0.1) is 0 Å². The lowest BCUT2D eigenvalue weighted by Gasteiger charge is -2.33. The van der Waals surface area contributed by atoms with Crippen molar-refractivity contribution >= 4 is 11.9 Å². The first-order valence-corrected chi connectivity index (χ1v) is 7.74. The summed E-state index contributed by atoms with van der Waals surface area (Å²) in [5, 5.41) is 9.49. The van der Waals surface area contributed by atoms with Gasteiger partial charge in [-0.05, 0) is 37.7 Å². The third kappa shape index (κ3) is 2.42. The second-order valence-corrected chi connectivity index (χ2v) is 6.31. The molecule has 0 radical (unpaired) electrons. The van der Waals surface area contributed by atoms with Crippen LogP contribution >= 0.6 is 0 Å². The number of likely N-dealkylation sites (tertiary alicyclic amines) is 1. The number of carbonyl (C=O) groups is 2. The normalized spacial score (nSPS) is 27.5. The number of pyridine rings is 1. The first-order valence-electron chi connectivity index (χ1n) is 7.74. The van der Waals surface area contributed by atoms with Crippen molar-refractivity contribution in [1.82, 2.24) is 9.88 Å². The standard InChI is InChI=1S/C16H20N2O4/c1-9-6-14(19)17-8-11(9)15(20)18-12-5-3-2-4-10(12)7-13(18)16(21)22/h6,8,10,12-13H,2-5,7H2,1H3,(H,17,19)(H,21,22). The van der Waals surface area contributed by atoms with Crippen molar-refractivity contribution in [2.45, 2.75) is 51.1 Å². The van der Waals surface area contributed by atoms with Crippen molar-refractivity contribution in [2.24, 2.45) is 5.92 Å². The van der Waals surface area contributed by atoms with Crippen LogP contribution in [-0.4, -0.2) is 39.0 Å². The van der Waals surface area contributed by atoms with Crippen molar-refractivity contribution in [3.8, 4) is 0 Å². The van der Waals surface area contributed by atoms with Crippen molar-refractivity contribution in [3.05, 3.63) is 33.7 Å². The van der Waals surface area contributed by atoms with Crippen LogP contribution in [0, 0.1) is 12.8 Å². The van der Waals surface area contributed by atoms with Crippen LogP contribution in [0.5, 0.6) is 0 Å². The number of aromatic nitrogens is 1.